The molecule has 190 valence electrons. The zero-order valence-electron chi connectivity index (χ0n) is 21.3. The van der Waals surface area contributed by atoms with E-state index in [1.54, 1.807) is 42.6 Å². The molecule has 36 heavy (non-hydrogen) atoms. The van der Waals surface area contributed by atoms with E-state index in [0.29, 0.717) is 34.6 Å². The number of hydrogen-bond donors (Lipinski definition) is 3. The van der Waals surface area contributed by atoms with E-state index in [4.69, 9.17) is 4.52 Å². The van der Waals surface area contributed by atoms with Crippen molar-refractivity contribution in [1.29, 1.82) is 0 Å². The quantitative estimate of drug-likeness (QED) is 0.441. The summed E-state index contributed by atoms with van der Waals surface area (Å²) in [6.07, 6.45) is 5.20. The third-order valence-electron chi connectivity index (χ3n) is 6.31. The van der Waals surface area contributed by atoms with Crippen molar-refractivity contribution in [2.45, 2.75) is 45.4 Å². The van der Waals surface area contributed by atoms with E-state index in [0.717, 1.165) is 25.1 Å². The van der Waals surface area contributed by atoms with Crippen molar-refractivity contribution in [3.05, 3.63) is 65.7 Å². The monoisotopic (exact) mass is 490 g/mol. The van der Waals surface area contributed by atoms with E-state index in [1.165, 1.54) is 12.8 Å². The summed E-state index contributed by atoms with van der Waals surface area (Å²) in [7, 11) is 2.16. The van der Waals surface area contributed by atoms with Crippen molar-refractivity contribution in [3.8, 4) is 0 Å². The number of nitrogens with one attached hydrogen (secondary N) is 3. The van der Waals surface area contributed by atoms with Crippen LogP contribution < -0.4 is 16.0 Å². The number of carbonyl (C=O) groups excluding carboxylic acids is 2. The molecule has 0 atom stereocenters. The molecule has 1 aromatic carbocycles. The zero-order valence-corrected chi connectivity index (χ0v) is 21.3. The average molecular weight is 491 g/mol. The van der Waals surface area contributed by atoms with Crippen LogP contribution in [0, 0.1) is 5.92 Å². The Bertz CT molecular complexity index is 1170. The predicted molar refractivity (Wildman–Crippen MR) is 140 cm³/mol. The number of hydrogen-bond acceptors (Lipinski definition) is 6. The molecule has 2 aromatic heterocycles. The van der Waals surface area contributed by atoms with Crippen LogP contribution in [0.1, 0.15) is 55.4 Å². The van der Waals surface area contributed by atoms with Gasteiger partial charge in [-0.3, -0.25) is 15.1 Å². The number of likely N-dealkylation sites (tertiary alicyclic amines) is 1. The van der Waals surface area contributed by atoms with Crippen molar-refractivity contribution in [3.63, 3.8) is 0 Å². The Morgan fingerprint density at radius 2 is 1.67 bits per heavy atom. The molecule has 9 nitrogen and oxygen atoms in total. The largest absolute Gasteiger partial charge is 0.359 e. The molecule has 3 amide bonds. The van der Waals surface area contributed by atoms with Gasteiger partial charge < -0.3 is 20.1 Å². The topological polar surface area (TPSA) is 112 Å². The lowest BCUT2D eigenvalue weighted by atomic mass is 9.91. The maximum absolute atomic E-state index is 12.6. The molecular formula is C27H34N6O3. The van der Waals surface area contributed by atoms with Gasteiger partial charge in [-0.25, -0.2) is 4.79 Å². The van der Waals surface area contributed by atoms with E-state index in [1.807, 2.05) is 26.8 Å². The van der Waals surface area contributed by atoms with Gasteiger partial charge in [0.05, 0.1) is 0 Å². The van der Waals surface area contributed by atoms with Gasteiger partial charge >= 0.3 is 6.03 Å². The van der Waals surface area contributed by atoms with E-state index in [-0.39, 0.29) is 11.3 Å². The first kappa shape index (κ1) is 25.4. The van der Waals surface area contributed by atoms with Crippen LogP contribution in [0.3, 0.4) is 0 Å². The number of aromatic nitrogens is 2. The van der Waals surface area contributed by atoms with Gasteiger partial charge in [-0.2, -0.15) is 0 Å². The number of nitrogens with zero attached hydrogens (tertiary/aromatic N) is 3. The van der Waals surface area contributed by atoms with Crippen molar-refractivity contribution in [1.82, 2.24) is 15.0 Å². The standard InChI is InChI=1S/C27H34N6O3/c1-27(2,3)23-16-24(32-36-23)31-26(35)30-21-8-6-20(7-9-21)29-25(34)22-10-5-19(17-28-22)15-18-11-13-33(4)14-12-18/h5-10,16-18H,11-15H2,1-4H3,(H,29,34)(H2,30,31,32,35). The van der Waals surface area contributed by atoms with Gasteiger partial charge in [0.2, 0.25) is 0 Å². The Balaban J connectivity index is 1.26. The fraction of sp³-hybridized carbons (Fsp3) is 0.407. The van der Waals surface area contributed by atoms with Crippen LogP contribution in [-0.4, -0.2) is 47.1 Å². The number of anilines is 3. The molecule has 1 aliphatic rings. The Kier molecular flexibility index (Phi) is 7.69. The third-order valence-corrected chi connectivity index (χ3v) is 6.31. The molecule has 3 N–H and O–H groups in total. The zero-order chi connectivity index (χ0) is 25.7. The van der Waals surface area contributed by atoms with Crippen LogP contribution in [0.4, 0.5) is 22.0 Å². The molecule has 0 saturated carbocycles. The van der Waals surface area contributed by atoms with E-state index in [9.17, 15) is 9.59 Å². The van der Waals surface area contributed by atoms with Gasteiger partial charge in [0.15, 0.2) is 5.82 Å². The van der Waals surface area contributed by atoms with Gasteiger partial charge in [0, 0.05) is 29.1 Å². The number of carbonyl (C=O) groups is 2. The maximum Gasteiger partial charge on any atom is 0.324 e. The summed E-state index contributed by atoms with van der Waals surface area (Å²) >= 11 is 0. The van der Waals surface area contributed by atoms with Crippen LogP contribution in [-0.2, 0) is 11.8 Å². The highest BCUT2D eigenvalue weighted by atomic mass is 16.5. The molecule has 0 aliphatic carbocycles. The first-order valence-electron chi connectivity index (χ1n) is 12.3. The van der Waals surface area contributed by atoms with Gasteiger partial charge in [-0.05, 0) is 81.2 Å². The number of benzene rings is 1. The molecule has 0 spiro atoms. The normalized spacial score (nSPS) is 14.9. The fourth-order valence-electron chi connectivity index (χ4n) is 4.08. The second kappa shape index (κ2) is 10.9. The van der Waals surface area contributed by atoms with Crippen LogP contribution in [0.25, 0.3) is 0 Å². The molecule has 4 rings (SSSR count). The lowest BCUT2D eigenvalue weighted by Crippen LogP contribution is -2.30. The average Bonchev–Trinajstić information content (AvgIpc) is 3.31. The first-order valence-corrected chi connectivity index (χ1v) is 12.3. The van der Waals surface area contributed by atoms with Crippen LogP contribution in [0.15, 0.2) is 53.2 Å². The Labute approximate surface area is 211 Å². The molecule has 0 bridgehead atoms. The molecule has 3 aromatic rings. The van der Waals surface area contributed by atoms with Crippen molar-refractivity contribution in [2.75, 3.05) is 36.1 Å². The fourth-order valence-corrected chi connectivity index (χ4v) is 4.08. The third kappa shape index (κ3) is 6.91. The SMILES string of the molecule is CN1CCC(Cc2ccc(C(=O)Nc3ccc(NC(=O)Nc4cc(C(C)(C)C)on4)cc3)nc2)CC1. The van der Waals surface area contributed by atoms with E-state index >= 15 is 0 Å². The summed E-state index contributed by atoms with van der Waals surface area (Å²) in [4.78, 5) is 31.6. The second-order valence-electron chi connectivity index (χ2n) is 10.4. The first-order chi connectivity index (χ1) is 17.2. The minimum Gasteiger partial charge on any atom is -0.359 e. The molecule has 1 fully saturated rings. The van der Waals surface area contributed by atoms with Crippen molar-refractivity contribution < 1.29 is 14.1 Å². The van der Waals surface area contributed by atoms with Crippen LogP contribution in [0.5, 0.6) is 0 Å². The number of rotatable bonds is 6. The minimum atomic E-state index is -0.440. The van der Waals surface area contributed by atoms with Gasteiger partial charge in [0.1, 0.15) is 11.5 Å². The number of urea groups is 1. The summed E-state index contributed by atoms with van der Waals surface area (Å²) < 4.78 is 5.27. The molecule has 3 heterocycles. The smallest absolute Gasteiger partial charge is 0.324 e. The summed E-state index contributed by atoms with van der Waals surface area (Å²) in [6, 6.07) is 11.9. The minimum absolute atomic E-state index is 0.201. The molecule has 0 unspecified atom stereocenters. The summed E-state index contributed by atoms with van der Waals surface area (Å²) in [5.74, 6) is 1.42. The highest BCUT2D eigenvalue weighted by Gasteiger charge is 2.20. The lowest BCUT2D eigenvalue weighted by molar-refractivity contribution is 0.102. The molecule has 1 aliphatic heterocycles. The predicted octanol–water partition coefficient (Wildman–Crippen LogP) is 5.15. The Morgan fingerprint density at radius 3 is 2.25 bits per heavy atom. The maximum atomic E-state index is 12.6. The molecule has 1 saturated heterocycles. The molecule has 0 radical (unpaired) electrons. The molecule has 9 heteroatoms. The van der Waals surface area contributed by atoms with Crippen molar-refractivity contribution in [2.24, 2.45) is 5.92 Å². The lowest BCUT2D eigenvalue weighted by Gasteiger charge is -2.28. The highest BCUT2D eigenvalue weighted by molar-refractivity contribution is 6.03. The number of pyridine rings is 1. The number of piperidine rings is 1. The van der Waals surface area contributed by atoms with Gasteiger partial charge in [0.25, 0.3) is 5.91 Å². The van der Waals surface area contributed by atoms with Crippen LogP contribution in [0.2, 0.25) is 0 Å². The van der Waals surface area contributed by atoms with Crippen molar-refractivity contribution >= 4 is 29.1 Å². The summed E-state index contributed by atoms with van der Waals surface area (Å²) in [5.41, 5.74) is 2.50. The second-order valence-corrected chi connectivity index (χ2v) is 10.4. The Morgan fingerprint density at radius 1 is 1.00 bits per heavy atom. The van der Waals surface area contributed by atoms with Crippen LogP contribution >= 0.6 is 0 Å². The summed E-state index contributed by atoms with van der Waals surface area (Å²) in [6.45, 7) is 8.27. The van der Waals surface area contributed by atoms with E-state index < -0.39 is 6.03 Å². The van der Waals surface area contributed by atoms with Gasteiger partial charge in [-0.1, -0.05) is 32.0 Å². The molecular weight excluding hydrogens is 456 g/mol. The number of amides is 3. The summed E-state index contributed by atoms with van der Waals surface area (Å²) in [5, 5.41) is 12.1. The van der Waals surface area contributed by atoms with E-state index in [2.05, 4.69) is 38.0 Å². The highest BCUT2D eigenvalue weighted by Crippen LogP contribution is 2.25. The Hall–Kier alpha value is -3.72. The van der Waals surface area contributed by atoms with Gasteiger partial charge in [-0.15, -0.1) is 0 Å².